The van der Waals surface area contributed by atoms with Gasteiger partial charge in [-0.3, -0.25) is 19.2 Å². The molecule has 1 atom stereocenters. The monoisotopic (exact) mass is 355 g/mol. The molecule has 0 spiro atoms. The zero-order valence-corrected chi connectivity index (χ0v) is 14.2. The molecule has 2 saturated heterocycles. The van der Waals surface area contributed by atoms with Crippen molar-refractivity contribution in [3.8, 4) is 0 Å². The van der Waals surface area contributed by atoms with E-state index < -0.39 is 5.92 Å². The van der Waals surface area contributed by atoms with Gasteiger partial charge in [-0.05, 0) is 6.07 Å². The summed E-state index contributed by atoms with van der Waals surface area (Å²) in [5.74, 6) is -2.96. The van der Waals surface area contributed by atoms with Crippen molar-refractivity contribution >= 4 is 11.8 Å². The molecule has 0 aliphatic carbocycles. The highest BCUT2D eigenvalue weighted by Crippen LogP contribution is 2.35. The van der Waals surface area contributed by atoms with Crippen molar-refractivity contribution in [3.63, 3.8) is 0 Å². The Balaban J connectivity index is 1.48. The van der Waals surface area contributed by atoms with Gasteiger partial charge in [0.25, 0.3) is 5.92 Å². The van der Waals surface area contributed by atoms with Gasteiger partial charge in [-0.1, -0.05) is 0 Å². The first kappa shape index (κ1) is 17.8. The first-order valence-corrected chi connectivity index (χ1v) is 8.47. The van der Waals surface area contributed by atoms with E-state index in [0.29, 0.717) is 26.1 Å². The summed E-state index contributed by atoms with van der Waals surface area (Å²) < 4.78 is 29.3. The van der Waals surface area contributed by atoms with Gasteiger partial charge >= 0.3 is 0 Å². The summed E-state index contributed by atoms with van der Waals surface area (Å²) in [5, 5.41) is 6.67. The number of carbonyl (C=O) groups is 2. The minimum atomic E-state index is -2.74. The number of hydrogen-bond acceptors (Lipinski definition) is 4. The van der Waals surface area contributed by atoms with Crippen LogP contribution in [0.2, 0.25) is 0 Å². The fourth-order valence-corrected chi connectivity index (χ4v) is 3.47. The number of hydrogen-bond donors (Lipinski definition) is 1. The van der Waals surface area contributed by atoms with Gasteiger partial charge in [0, 0.05) is 70.4 Å². The highest BCUT2D eigenvalue weighted by Gasteiger charge is 2.50. The average Bonchev–Trinajstić information content (AvgIpc) is 3.09. The number of rotatable bonds is 6. The second kappa shape index (κ2) is 7.07. The van der Waals surface area contributed by atoms with E-state index in [-0.39, 0.29) is 43.4 Å². The second-order valence-corrected chi connectivity index (χ2v) is 6.79. The molecule has 7 nitrogen and oxygen atoms in total. The van der Waals surface area contributed by atoms with E-state index in [1.165, 1.54) is 6.92 Å². The maximum Gasteiger partial charge on any atom is 0.262 e. The van der Waals surface area contributed by atoms with Crippen LogP contribution in [0.15, 0.2) is 18.5 Å². The van der Waals surface area contributed by atoms with Gasteiger partial charge in [0.15, 0.2) is 0 Å². The Labute approximate surface area is 144 Å². The minimum Gasteiger partial charge on any atom is -0.355 e. The van der Waals surface area contributed by atoms with Crippen LogP contribution in [0.3, 0.4) is 0 Å². The number of amides is 2. The highest BCUT2D eigenvalue weighted by molar-refractivity contribution is 5.77. The lowest BCUT2D eigenvalue weighted by Gasteiger charge is -2.46. The third kappa shape index (κ3) is 4.33. The molecular weight excluding hydrogens is 332 g/mol. The molecule has 0 radical (unpaired) electrons. The molecule has 2 fully saturated rings. The van der Waals surface area contributed by atoms with Crippen molar-refractivity contribution in [1.29, 1.82) is 0 Å². The molecule has 25 heavy (non-hydrogen) atoms. The summed E-state index contributed by atoms with van der Waals surface area (Å²) in [6.07, 6.45) is 3.55. The number of aryl methyl sites for hydroxylation is 1. The molecule has 9 heteroatoms. The van der Waals surface area contributed by atoms with Crippen LogP contribution in [-0.4, -0.2) is 75.6 Å². The van der Waals surface area contributed by atoms with Crippen LogP contribution < -0.4 is 5.32 Å². The fraction of sp³-hybridized carbons (Fsp3) is 0.688. The molecular formula is C16H23F2N5O2. The molecule has 0 bridgehead atoms. The molecule has 138 valence electrons. The molecule has 1 N–H and O–H groups in total. The van der Waals surface area contributed by atoms with E-state index >= 15 is 0 Å². The van der Waals surface area contributed by atoms with Crippen LogP contribution >= 0.6 is 0 Å². The smallest absolute Gasteiger partial charge is 0.262 e. The maximum atomic E-state index is 13.8. The van der Waals surface area contributed by atoms with E-state index in [4.69, 9.17) is 0 Å². The maximum absolute atomic E-state index is 13.8. The standard InChI is InChI=1S/C16H23F2N5O2/c1-12(24)19-8-13-7-16(17,18)11-23(13)14-9-21(10-14)15(25)3-6-22-5-2-4-20-22/h2,4-5,13-14H,3,6-11H2,1H3,(H,19,24)/t13-/m0/s1. The molecule has 2 aliphatic heterocycles. The summed E-state index contributed by atoms with van der Waals surface area (Å²) in [4.78, 5) is 26.7. The fourth-order valence-electron chi connectivity index (χ4n) is 3.47. The average molecular weight is 355 g/mol. The first-order chi connectivity index (χ1) is 11.8. The number of carbonyl (C=O) groups excluding carboxylic acids is 2. The lowest BCUT2D eigenvalue weighted by molar-refractivity contribution is -0.139. The number of likely N-dealkylation sites (tertiary alicyclic amines) is 2. The molecule has 1 aromatic rings. The molecule has 1 aromatic heterocycles. The van der Waals surface area contributed by atoms with Gasteiger partial charge in [0.2, 0.25) is 11.8 Å². The summed E-state index contributed by atoms with van der Waals surface area (Å²) in [6, 6.07) is 1.35. The zero-order valence-electron chi connectivity index (χ0n) is 14.2. The van der Waals surface area contributed by atoms with Gasteiger partial charge in [0.05, 0.1) is 6.54 Å². The van der Waals surface area contributed by atoms with Crippen molar-refractivity contribution in [2.45, 2.75) is 44.3 Å². The summed E-state index contributed by atoms with van der Waals surface area (Å²) in [6.45, 7) is 2.72. The second-order valence-electron chi connectivity index (χ2n) is 6.79. The highest BCUT2D eigenvalue weighted by atomic mass is 19.3. The van der Waals surface area contributed by atoms with E-state index in [1.807, 2.05) is 0 Å². The molecule has 0 unspecified atom stereocenters. The number of alkyl halides is 2. The van der Waals surface area contributed by atoms with Crippen LogP contribution in [0.25, 0.3) is 0 Å². The largest absolute Gasteiger partial charge is 0.355 e. The summed E-state index contributed by atoms with van der Waals surface area (Å²) in [7, 11) is 0. The Morgan fingerprint density at radius 3 is 2.76 bits per heavy atom. The molecule has 0 saturated carbocycles. The number of halogens is 2. The number of nitrogens with zero attached hydrogens (tertiary/aromatic N) is 4. The van der Waals surface area contributed by atoms with Crippen LogP contribution in [0, 0.1) is 0 Å². The predicted octanol–water partition coefficient (Wildman–Crippen LogP) is 0.330. The van der Waals surface area contributed by atoms with Crippen molar-refractivity contribution < 1.29 is 18.4 Å². The van der Waals surface area contributed by atoms with Gasteiger partial charge in [0.1, 0.15) is 0 Å². The van der Waals surface area contributed by atoms with Crippen LogP contribution in [0.4, 0.5) is 8.78 Å². The first-order valence-electron chi connectivity index (χ1n) is 8.47. The van der Waals surface area contributed by atoms with Gasteiger partial charge in [-0.25, -0.2) is 8.78 Å². The van der Waals surface area contributed by atoms with Crippen LogP contribution in [0.5, 0.6) is 0 Å². The normalized spacial score (nSPS) is 23.5. The van der Waals surface area contributed by atoms with Crippen LogP contribution in [-0.2, 0) is 16.1 Å². The summed E-state index contributed by atoms with van der Waals surface area (Å²) in [5.41, 5.74) is 0. The van der Waals surface area contributed by atoms with E-state index in [2.05, 4.69) is 10.4 Å². The van der Waals surface area contributed by atoms with Gasteiger partial charge in [-0.15, -0.1) is 0 Å². The van der Waals surface area contributed by atoms with Crippen molar-refractivity contribution in [2.75, 3.05) is 26.2 Å². The molecule has 3 heterocycles. The molecule has 2 amide bonds. The van der Waals surface area contributed by atoms with Crippen LogP contribution in [0.1, 0.15) is 19.8 Å². The Kier molecular flexibility index (Phi) is 5.03. The molecule has 3 rings (SSSR count). The van der Waals surface area contributed by atoms with Gasteiger partial charge in [-0.2, -0.15) is 5.10 Å². The number of nitrogens with one attached hydrogen (secondary N) is 1. The van der Waals surface area contributed by atoms with Crippen molar-refractivity contribution in [3.05, 3.63) is 18.5 Å². The quantitative estimate of drug-likeness (QED) is 0.798. The van der Waals surface area contributed by atoms with E-state index in [0.717, 1.165) is 0 Å². The van der Waals surface area contributed by atoms with E-state index in [1.54, 1.807) is 32.9 Å². The minimum absolute atomic E-state index is 0.0103. The van der Waals surface area contributed by atoms with Crippen molar-refractivity contribution in [2.24, 2.45) is 0 Å². The Bertz CT molecular complexity index is 616. The summed E-state index contributed by atoms with van der Waals surface area (Å²) >= 11 is 0. The Hall–Kier alpha value is -2.03. The zero-order chi connectivity index (χ0) is 18.0. The third-order valence-electron chi connectivity index (χ3n) is 4.80. The number of aromatic nitrogens is 2. The predicted molar refractivity (Wildman–Crippen MR) is 86.0 cm³/mol. The lowest BCUT2D eigenvalue weighted by atomic mass is 10.0. The van der Waals surface area contributed by atoms with Gasteiger partial charge < -0.3 is 10.2 Å². The van der Waals surface area contributed by atoms with Crippen molar-refractivity contribution in [1.82, 2.24) is 24.9 Å². The SMILES string of the molecule is CC(=O)NC[C@@H]1CC(F)(F)CN1C1CN(C(=O)CCn2cccn2)C1. The lowest BCUT2D eigenvalue weighted by Crippen LogP contribution is -2.63. The Morgan fingerprint density at radius 2 is 2.12 bits per heavy atom. The molecule has 2 aliphatic rings. The Morgan fingerprint density at radius 1 is 1.36 bits per heavy atom. The molecule has 0 aromatic carbocycles. The third-order valence-corrected chi connectivity index (χ3v) is 4.80. The van der Waals surface area contributed by atoms with E-state index in [9.17, 15) is 18.4 Å². The topological polar surface area (TPSA) is 70.5 Å².